The van der Waals surface area contributed by atoms with Crippen LogP contribution in [0, 0.1) is 5.82 Å². The summed E-state index contributed by atoms with van der Waals surface area (Å²) >= 11 is 0. The van der Waals surface area contributed by atoms with Crippen LogP contribution in [-0.2, 0) is 17.6 Å². The number of nitrogens with one attached hydrogen (secondary N) is 3. The van der Waals surface area contributed by atoms with Crippen molar-refractivity contribution in [1.82, 2.24) is 15.2 Å². The van der Waals surface area contributed by atoms with Gasteiger partial charge in [0.25, 0.3) is 11.8 Å². The fraction of sp³-hybridized carbons (Fsp3) is 0.364. The van der Waals surface area contributed by atoms with E-state index in [1.54, 1.807) is 12.1 Å². The fourth-order valence-electron chi connectivity index (χ4n) is 3.58. The molecule has 154 valence electrons. The molecule has 0 saturated carbocycles. The summed E-state index contributed by atoms with van der Waals surface area (Å²) in [5, 5.41) is 5.73. The number of rotatable bonds is 7. The van der Waals surface area contributed by atoms with Crippen molar-refractivity contribution in [2.75, 3.05) is 32.5 Å². The predicted molar refractivity (Wildman–Crippen MR) is 113 cm³/mol. The largest absolute Gasteiger partial charge is 0.358 e. The van der Waals surface area contributed by atoms with Gasteiger partial charge in [-0.15, -0.1) is 0 Å². The van der Waals surface area contributed by atoms with Crippen LogP contribution in [0.4, 0.5) is 10.1 Å². The van der Waals surface area contributed by atoms with Gasteiger partial charge in [-0.1, -0.05) is 13.8 Å². The summed E-state index contributed by atoms with van der Waals surface area (Å²) in [7, 11) is 3.91. The number of nitrogens with zero attached hydrogens (tertiary/aromatic N) is 1. The van der Waals surface area contributed by atoms with E-state index in [4.69, 9.17) is 0 Å². The molecule has 3 N–H and O–H groups in total. The van der Waals surface area contributed by atoms with Gasteiger partial charge in [0.15, 0.2) is 0 Å². The molecule has 0 saturated heterocycles. The average Bonchev–Trinajstić information content (AvgIpc) is 3.18. The highest BCUT2D eigenvalue weighted by atomic mass is 19.1. The fourth-order valence-corrected chi connectivity index (χ4v) is 3.58. The van der Waals surface area contributed by atoms with Crippen molar-refractivity contribution < 1.29 is 14.0 Å². The molecular formula is C22H27FN4O2. The van der Waals surface area contributed by atoms with Gasteiger partial charge in [-0.2, -0.15) is 0 Å². The van der Waals surface area contributed by atoms with Crippen LogP contribution in [0.3, 0.4) is 0 Å². The van der Waals surface area contributed by atoms with Gasteiger partial charge in [-0.25, -0.2) is 4.39 Å². The maximum Gasteiger partial charge on any atom is 0.256 e. The number of hydrogen-bond acceptors (Lipinski definition) is 3. The van der Waals surface area contributed by atoms with Gasteiger partial charge in [-0.3, -0.25) is 9.59 Å². The maximum atomic E-state index is 13.7. The summed E-state index contributed by atoms with van der Waals surface area (Å²) < 4.78 is 13.7. The number of anilines is 1. The molecule has 1 aliphatic heterocycles. The number of aryl methyl sites for hydroxylation is 1. The highest BCUT2D eigenvalue weighted by molar-refractivity contribution is 6.34. The standard InChI is InChI=1S/C22H27FN4O2/c1-5-14-19(12-16-15-11-13(23)7-8-18(15)26-21(16)28)25-17(6-2)20(14)22(29)24-9-10-27(3)4/h7-8,11-12,25H,5-6,9-10H2,1-4H3,(H,24,29)(H,26,28)/b16-12-. The number of aromatic nitrogens is 1. The summed E-state index contributed by atoms with van der Waals surface area (Å²) in [5.74, 6) is -0.801. The zero-order valence-electron chi connectivity index (χ0n) is 17.3. The maximum absolute atomic E-state index is 13.7. The number of benzene rings is 1. The Kier molecular flexibility index (Phi) is 6.17. The lowest BCUT2D eigenvalue weighted by molar-refractivity contribution is -0.110. The van der Waals surface area contributed by atoms with Crippen molar-refractivity contribution in [3.05, 3.63) is 52.1 Å². The number of carbonyl (C=O) groups excluding carboxylic acids is 2. The van der Waals surface area contributed by atoms with Crippen molar-refractivity contribution in [2.45, 2.75) is 26.7 Å². The second-order valence-corrected chi connectivity index (χ2v) is 7.34. The van der Waals surface area contributed by atoms with E-state index in [0.717, 1.165) is 17.8 Å². The molecule has 0 radical (unpaired) electrons. The third kappa shape index (κ3) is 4.24. The van der Waals surface area contributed by atoms with Crippen molar-refractivity contribution >= 4 is 29.2 Å². The molecule has 0 bridgehead atoms. The molecule has 2 amide bonds. The van der Waals surface area contributed by atoms with E-state index in [1.807, 2.05) is 32.8 Å². The number of carbonyl (C=O) groups is 2. The third-order valence-corrected chi connectivity index (χ3v) is 5.05. The van der Waals surface area contributed by atoms with Crippen molar-refractivity contribution in [2.24, 2.45) is 0 Å². The number of hydrogen-bond donors (Lipinski definition) is 3. The summed E-state index contributed by atoms with van der Waals surface area (Å²) in [6.07, 6.45) is 3.00. The summed E-state index contributed by atoms with van der Waals surface area (Å²) in [5.41, 5.74) is 4.54. The SMILES string of the molecule is CCc1[nH]c(/C=C2\C(=O)Nc3ccc(F)cc32)c(CC)c1C(=O)NCCN(C)C. The minimum Gasteiger partial charge on any atom is -0.358 e. The zero-order chi connectivity index (χ0) is 21.1. The average molecular weight is 398 g/mol. The third-order valence-electron chi connectivity index (χ3n) is 5.05. The molecule has 6 nitrogen and oxygen atoms in total. The van der Waals surface area contributed by atoms with Gasteiger partial charge in [0.1, 0.15) is 5.82 Å². The van der Waals surface area contributed by atoms with Crippen molar-refractivity contribution in [1.29, 1.82) is 0 Å². The monoisotopic (exact) mass is 398 g/mol. The van der Waals surface area contributed by atoms with Crippen molar-refractivity contribution in [3.63, 3.8) is 0 Å². The first-order valence-electron chi connectivity index (χ1n) is 9.85. The number of amides is 2. The van der Waals surface area contributed by atoms with Crippen LogP contribution in [0.2, 0.25) is 0 Å². The van der Waals surface area contributed by atoms with E-state index in [-0.39, 0.29) is 11.8 Å². The summed E-state index contributed by atoms with van der Waals surface area (Å²) in [6.45, 7) is 5.25. The van der Waals surface area contributed by atoms with Crippen LogP contribution in [0.1, 0.15) is 46.7 Å². The first-order valence-corrected chi connectivity index (χ1v) is 9.85. The second kappa shape index (κ2) is 8.61. The molecule has 1 aromatic carbocycles. The molecule has 7 heteroatoms. The van der Waals surface area contributed by atoms with E-state index in [0.29, 0.717) is 47.5 Å². The lowest BCUT2D eigenvalue weighted by atomic mass is 10.0. The Morgan fingerprint density at radius 3 is 2.66 bits per heavy atom. The van der Waals surface area contributed by atoms with Gasteiger partial charge in [0.05, 0.1) is 11.1 Å². The molecule has 0 aliphatic carbocycles. The molecule has 0 spiro atoms. The number of H-pyrrole nitrogens is 1. The number of likely N-dealkylation sites (N-methyl/N-ethyl adjacent to an activating group) is 1. The van der Waals surface area contributed by atoms with Crippen LogP contribution in [0.25, 0.3) is 11.6 Å². The molecule has 0 unspecified atom stereocenters. The molecule has 1 aliphatic rings. The predicted octanol–water partition coefficient (Wildman–Crippen LogP) is 3.06. The van der Waals surface area contributed by atoms with Crippen LogP contribution >= 0.6 is 0 Å². The van der Waals surface area contributed by atoms with E-state index in [1.165, 1.54) is 12.1 Å². The Morgan fingerprint density at radius 2 is 2.00 bits per heavy atom. The number of fused-ring (bicyclic) bond motifs is 1. The molecule has 0 atom stereocenters. The minimum absolute atomic E-state index is 0.122. The molecule has 3 rings (SSSR count). The zero-order valence-corrected chi connectivity index (χ0v) is 17.3. The summed E-state index contributed by atoms with van der Waals surface area (Å²) in [4.78, 5) is 30.6. The van der Waals surface area contributed by atoms with E-state index < -0.39 is 5.82 Å². The van der Waals surface area contributed by atoms with Crippen LogP contribution < -0.4 is 10.6 Å². The Labute approximate surface area is 170 Å². The van der Waals surface area contributed by atoms with Gasteiger partial charge in [0.2, 0.25) is 0 Å². The molecular weight excluding hydrogens is 371 g/mol. The van der Waals surface area contributed by atoms with Gasteiger partial charge < -0.3 is 20.5 Å². The second-order valence-electron chi connectivity index (χ2n) is 7.34. The van der Waals surface area contributed by atoms with E-state index in [9.17, 15) is 14.0 Å². The van der Waals surface area contributed by atoms with Gasteiger partial charge in [-0.05, 0) is 56.8 Å². The Bertz CT molecular complexity index is 975. The smallest absolute Gasteiger partial charge is 0.256 e. The Morgan fingerprint density at radius 1 is 1.24 bits per heavy atom. The molecule has 1 aromatic heterocycles. The quantitative estimate of drug-likeness (QED) is 0.628. The van der Waals surface area contributed by atoms with Crippen LogP contribution in [0.15, 0.2) is 18.2 Å². The Hall–Kier alpha value is -2.93. The first kappa shape index (κ1) is 20.8. The number of halogens is 1. The minimum atomic E-state index is -0.399. The van der Waals surface area contributed by atoms with Gasteiger partial charge >= 0.3 is 0 Å². The lowest BCUT2D eigenvalue weighted by Gasteiger charge is -2.11. The summed E-state index contributed by atoms with van der Waals surface area (Å²) in [6, 6.07) is 4.22. The van der Waals surface area contributed by atoms with Crippen LogP contribution in [0.5, 0.6) is 0 Å². The lowest BCUT2D eigenvalue weighted by Crippen LogP contribution is -2.32. The van der Waals surface area contributed by atoms with Crippen LogP contribution in [-0.4, -0.2) is 48.9 Å². The van der Waals surface area contributed by atoms with Crippen molar-refractivity contribution in [3.8, 4) is 0 Å². The normalized spacial score (nSPS) is 14.4. The van der Waals surface area contributed by atoms with E-state index >= 15 is 0 Å². The van der Waals surface area contributed by atoms with E-state index in [2.05, 4.69) is 15.6 Å². The highest BCUT2D eigenvalue weighted by Gasteiger charge is 2.26. The highest BCUT2D eigenvalue weighted by Crippen LogP contribution is 2.34. The number of aromatic amines is 1. The first-order chi connectivity index (χ1) is 13.8. The topological polar surface area (TPSA) is 77.2 Å². The Balaban J connectivity index is 2.00. The van der Waals surface area contributed by atoms with Gasteiger partial charge in [0, 0.05) is 35.7 Å². The molecule has 2 aromatic rings. The molecule has 0 fully saturated rings. The molecule has 2 heterocycles. The molecule has 29 heavy (non-hydrogen) atoms.